The normalized spacial score (nSPS) is 11.6. The second kappa shape index (κ2) is 13.0. The van der Waals surface area contributed by atoms with Crippen molar-refractivity contribution in [3.8, 4) is 56.7 Å². The molecule has 0 unspecified atom stereocenters. The standard InChI is InChI=1S/C50H32N6/c1-4-14-33(15-5-1)48-52-49(34-16-6-2-7-17-34)54-50(53-48)37-28-39(32-51-31-37)56-45-23-13-11-21-41(45)43-30-36(25-27-47(43)56)35-24-26-46-42(29-35)40-20-10-12-22-44(40)55(46)38-18-8-3-9-19-38/h1-32H. The summed E-state index contributed by atoms with van der Waals surface area (Å²) in [5, 5.41) is 4.82. The molecular weight excluding hydrogens is 685 g/mol. The van der Waals surface area contributed by atoms with Gasteiger partial charge in [0.15, 0.2) is 17.5 Å². The zero-order valence-corrected chi connectivity index (χ0v) is 30.2. The lowest BCUT2D eigenvalue weighted by Crippen LogP contribution is -2.01. The average Bonchev–Trinajstić information content (AvgIpc) is 3.79. The highest BCUT2D eigenvalue weighted by molar-refractivity contribution is 6.12. The highest BCUT2D eigenvalue weighted by Crippen LogP contribution is 2.38. The molecule has 0 bridgehead atoms. The Morgan fingerprint density at radius 3 is 1.25 bits per heavy atom. The molecule has 0 aliphatic rings. The van der Waals surface area contributed by atoms with Gasteiger partial charge in [-0.3, -0.25) is 4.98 Å². The van der Waals surface area contributed by atoms with Crippen molar-refractivity contribution < 1.29 is 0 Å². The molecule has 0 aliphatic carbocycles. The molecule has 0 aliphatic heterocycles. The van der Waals surface area contributed by atoms with Crippen molar-refractivity contribution in [2.24, 2.45) is 0 Å². The van der Waals surface area contributed by atoms with Gasteiger partial charge in [-0.05, 0) is 65.7 Å². The highest BCUT2D eigenvalue weighted by Gasteiger charge is 2.18. The van der Waals surface area contributed by atoms with Gasteiger partial charge in [0.05, 0.1) is 34.0 Å². The third kappa shape index (κ3) is 5.27. The maximum atomic E-state index is 4.98. The molecule has 0 spiro atoms. The molecule has 7 aromatic carbocycles. The maximum absolute atomic E-state index is 4.98. The van der Waals surface area contributed by atoms with E-state index in [0.29, 0.717) is 17.5 Å². The SMILES string of the molecule is c1ccc(-c2nc(-c3ccccc3)nc(-c3cncc(-n4c5ccccc5c5cc(-c6ccc7c(c6)c6ccccc6n7-c6ccccc6)ccc54)c3)n2)cc1. The van der Waals surface area contributed by atoms with Gasteiger partial charge in [-0.2, -0.15) is 0 Å². The number of para-hydroxylation sites is 3. The van der Waals surface area contributed by atoms with Crippen molar-refractivity contribution in [1.82, 2.24) is 29.1 Å². The van der Waals surface area contributed by atoms with E-state index in [9.17, 15) is 0 Å². The summed E-state index contributed by atoms with van der Waals surface area (Å²) in [4.78, 5) is 19.6. The molecule has 0 amide bonds. The highest BCUT2D eigenvalue weighted by atomic mass is 15.0. The molecule has 0 radical (unpaired) electrons. The number of hydrogen-bond acceptors (Lipinski definition) is 4. The number of aromatic nitrogens is 6. The Morgan fingerprint density at radius 2 is 0.714 bits per heavy atom. The number of hydrogen-bond donors (Lipinski definition) is 0. The summed E-state index contributed by atoms with van der Waals surface area (Å²) in [7, 11) is 0. The second-order valence-electron chi connectivity index (χ2n) is 14.0. The van der Waals surface area contributed by atoms with E-state index in [0.717, 1.165) is 44.7 Å². The van der Waals surface area contributed by atoms with Crippen molar-refractivity contribution in [1.29, 1.82) is 0 Å². The molecule has 6 heteroatoms. The first-order chi connectivity index (χ1) is 27.8. The fourth-order valence-electron chi connectivity index (χ4n) is 8.05. The molecule has 0 saturated carbocycles. The smallest absolute Gasteiger partial charge is 0.165 e. The number of benzene rings is 7. The summed E-state index contributed by atoms with van der Waals surface area (Å²) in [6.45, 7) is 0. The Kier molecular flexibility index (Phi) is 7.38. The molecule has 56 heavy (non-hydrogen) atoms. The molecule has 11 aromatic rings. The molecule has 11 rings (SSSR count). The zero-order valence-electron chi connectivity index (χ0n) is 30.2. The first-order valence-corrected chi connectivity index (χ1v) is 18.7. The van der Waals surface area contributed by atoms with Gasteiger partial charge in [-0.15, -0.1) is 0 Å². The van der Waals surface area contributed by atoms with Crippen molar-refractivity contribution >= 4 is 43.6 Å². The van der Waals surface area contributed by atoms with Crippen LogP contribution in [0.2, 0.25) is 0 Å². The van der Waals surface area contributed by atoms with E-state index in [1.54, 1.807) is 0 Å². The monoisotopic (exact) mass is 716 g/mol. The van der Waals surface area contributed by atoms with E-state index in [-0.39, 0.29) is 0 Å². The van der Waals surface area contributed by atoms with E-state index < -0.39 is 0 Å². The summed E-state index contributed by atoms with van der Waals surface area (Å²) in [6.07, 6.45) is 3.75. The molecule has 4 aromatic heterocycles. The summed E-state index contributed by atoms with van der Waals surface area (Å²) in [5.74, 6) is 1.80. The molecule has 0 N–H and O–H groups in total. The van der Waals surface area contributed by atoms with Crippen LogP contribution < -0.4 is 0 Å². The molecule has 262 valence electrons. The minimum atomic E-state index is 0.569. The maximum Gasteiger partial charge on any atom is 0.165 e. The van der Waals surface area contributed by atoms with Crippen LogP contribution >= 0.6 is 0 Å². The van der Waals surface area contributed by atoms with Crippen molar-refractivity contribution in [2.45, 2.75) is 0 Å². The Labute approximate surface area is 322 Å². The Morgan fingerprint density at radius 1 is 0.286 bits per heavy atom. The summed E-state index contributed by atoms with van der Waals surface area (Å²) < 4.78 is 4.65. The van der Waals surface area contributed by atoms with Crippen LogP contribution in [-0.4, -0.2) is 29.1 Å². The molecular formula is C50H32N6. The van der Waals surface area contributed by atoms with Crippen molar-refractivity contribution in [3.63, 3.8) is 0 Å². The van der Waals surface area contributed by atoms with Crippen LogP contribution in [0.1, 0.15) is 0 Å². The molecule has 0 atom stereocenters. The van der Waals surface area contributed by atoms with Crippen molar-refractivity contribution in [2.75, 3.05) is 0 Å². The first kappa shape index (κ1) is 31.8. The molecule has 0 fully saturated rings. The van der Waals surface area contributed by atoms with E-state index in [1.807, 2.05) is 73.1 Å². The van der Waals surface area contributed by atoms with Gasteiger partial charge in [0, 0.05) is 50.1 Å². The predicted molar refractivity (Wildman–Crippen MR) is 228 cm³/mol. The largest absolute Gasteiger partial charge is 0.309 e. The number of rotatable bonds is 6. The fraction of sp³-hybridized carbons (Fsp3) is 0. The number of nitrogens with zero attached hydrogens (tertiary/aromatic N) is 6. The zero-order chi connectivity index (χ0) is 37.0. The summed E-state index contributed by atoms with van der Waals surface area (Å²) >= 11 is 0. The van der Waals surface area contributed by atoms with Gasteiger partial charge in [0.25, 0.3) is 0 Å². The quantitative estimate of drug-likeness (QED) is 0.172. The topological polar surface area (TPSA) is 61.4 Å². The Hall–Kier alpha value is -7.70. The average molecular weight is 717 g/mol. The van der Waals surface area contributed by atoms with E-state index in [2.05, 4.69) is 130 Å². The second-order valence-corrected chi connectivity index (χ2v) is 14.0. The van der Waals surface area contributed by atoms with Crippen LogP contribution in [0, 0.1) is 0 Å². The number of fused-ring (bicyclic) bond motifs is 6. The van der Waals surface area contributed by atoms with E-state index in [1.165, 1.54) is 38.1 Å². The lowest BCUT2D eigenvalue weighted by atomic mass is 10.0. The first-order valence-electron chi connectivity index (χ1n) is 18.7. The lowest BCUT2D eigenvalue weighted by molar-refractivity contribution is 1.06. The lowest BCUT2D eigenvalue weighted by Gasteiger charge is -2.11. The summed E-state index contributed by atoms with van der Waals surface area (Å²) in [6, 6.07) is 63.7. The Bertz CT molecular complexity index is 3180. The van der Waals surface area contributed by atoms with Crippen LogP contribution in [0.3, 0.4) is 0 Å². The Balaban J connectivity index is 1.05. The minimum absolute atomic E-state index is 0.569. The van der Waals surface area contributed by atoms with Gasteiger partial charge >= 0.3 is 0 Å². The minimum Gasteiger partial charge on any atom is -0.309 e. The molecule has 6 nitrogen and oxygen atoms in total. The van der Waals surface area contributed by atoms with Gasteiger partial charge in [0.2, 0.25) is 0 Å². The molecule has 4 heterocycles. The van der Waals surface area contributed by atoms with Gasteiger partial charge in [-0.1, -0.05) is 127 Å². The van der Waals surface area contributed by atoms with Crippen LogP contribution in [0.4, 0.5) is 0 Å². The van der Waals surface area contributed by atoms with Gasteiger partial charge < -0.3 is 9.13 Å². The van der Waals surface area contributed by atoms with Crippen LogP contribution in [0.15, 0.2) is 194 Å². The molecule has 0 saturated heterocycles. The van der Waals surface area contributed by atoms with Gasteiger partial charge in [-0.25, -0.2) is 15.0 Å². The van der Waals surface area contributed by atoms with Crippen molar-refractivity contribution in [3.05, 3.63) is 194 Å². The van der Waals surface area contributed by atoms with E-state index >= 15 is 0 Å². The third-order valence-corrected chi connectivity index (χ3v) is 10.6. The van der Waals surface area contributed by atoms with E-state index in [4.69, 9.17) is 19.9 Å². The van der Waals surface area contributed by atoms with Crippen LogP contribution in [0.25, 0.3) is 100 Å². The number of pyridine rings is 1. The van der Waals surface area contributed by atoms with Crippen LogP contribution in [-0.2, 0) is 0 Å². The van der Waals surface area contributed by atoms with Crippen LogP contribution in [0.5, 0.6) is 0 Å². The third-order valence-electron chi connectivity index (χ3n) is 10.6. The van der Waals surface area contributed by atoms with Gasteiger partial charge in [0.1, 0.15) is 0 Å². The fourth-order valence-corrected chi connectivity index (χ4v) is 8.05. The summed E-state index contributed by atoms with van der Waals surface area (Å²) in [5.41, 5.74) is 11.7. The predicted octanol–water partition coefficient (Wildman–Crippen LogP) is 12.1.